The van der Waals surface area contributed by atoms with Crippen molar-refractivity contribution >= 4 is 5.91 Å². The fourth-order valence-corrected chi connectivity index (χ4v) is 2.42. The van der Waals surface area contributed by atoms with Gasteiger partial charge in [0.15, 0.2) is 0 Å². The Balaban J connectivity index is 2.09. The molecule has 0 aliphatic carbocycles. The molecule has 1 atom stereocenters. The van der Waals surface area contributed by atoms with Crippen molar-refractivity contribution in [3.05, 3.63) is 42.5 Å². The number of amides is 1. The van der Waals surface area contributed by atoms with Gasteiger partial charge in [-0.2, -0.15) is 0 Å². The Bertz CT molecular complexity index is 487. The highest BCUT2D eigenvalue weighted by Gasteiger charge is 2.29. The summed E-state index contributed by atoms with van der Waals surface area (Å²) >= 11 is 0. The van der Waals surface area contributed by atoms with Crippen molar-refractivity contribution in [3.8, 4) is 5.75 Å². The average molecular weight is 274 g/mol. The Hall–Kier alpha value is -1.81. The van der Waals surface area contributed by atoms with Crippen molar-refractivity contribution in [3.63, 3.8) is 0 Å². The minimum atomic E-state index is -0.0822. The molecule has 20 heavy (non-hydrogen) atoms. The lowest BCUT2D eigenvalue weighted by atomic mass is 10.1. The van der Waals surface area contributed by atoms with Crippen LogP contribution in [0.1, 0.15) is 12.5 Å². The van der Waals surface area contributed by atoms with E-state index in [9.17, 15) is 4.79 Å². The van der Waals surface area contributed by atoms with Gasteiger partial charge in [-0.1, -0.05) is 30.9 Å². The molecule has 1 aromatic rings. The molecule has 1 fully saturated rings. The number of carbonyl (C=O) groups excluding carboxylic acids is 1. The summed E-state index contributed by atoms with van der Waals surface area (Å²) in [5, 5.41) is 0. The Kier molecular flexibility index (Phi) is 4.79. The van der Waals surface area contributed by atoms with Crippen LogP contribution in [0.3, 0.4) is 0 Å². The summed E-state index contributed by atoms with van der Waals surface area (Å²) in [6, 6.07) is 7.88. The number of carbonyl (C=O) groups is 1. The zero-order chi connectivity index (χ0) is 14.5. The van der Waals surface area contributed by atoms with Crippen LogP contribution < -0.4 is 4.74 Å². The van der Waals surface area contributed by atoms with E-state index in [2.05, 4.69) is 11.5 Å². The molecular formula is C16H22N2O2. The van der Waals surface area contributed by atoms with Gasteiger partial charge in [0.2, 0.25) is 5.91 Å². The number of piperazine rings is 1. The molecule has 1 amide bonds. The van der Waals surface area contributed by atoms with E-state index >= 15 is 0 Å². The van der Waals surface area contributed by atoms with Gasteiger partial charge >= 0.3 is 0 Å². The minimum absolute atomic E-state index is 0.0822. The zero-order valence-electron chi connectivity index (χ0n) is 12.2. The maximum Gasteiger partial charge on any atom is 0.239 e. The first-order valence-electron chi connectivity index (χ1n) is 6.94. The predicted octanol–water partition coefficient (Wildman–Crippen LogP) is 1.91. The van der Waals surface area contributed by atoms with E-state index in [1.54, 1.807) is 11.0 Å². The summed E-state index contributed by atoms with van der Waals surface area (Å²) in [7, 11) is 1.86. The number of para-hydroxylation sites is 1. The standard InChI is InChI=1S/C16H22N2O2/c1-4-11-20-15-8-6-5-7-14(15)12-18-10-9-17(3)16(19)13(18)2/h4-8,13H,1,9-12H2,2-3H3. The van der Waals surface area contributed by atoms with E-state index in [-0.39, 0.29) is 11.9 Å². The van der Waals surface area contributed by atoms with Crippen molar-refractivity contribution < 1.29 is 9.53 Å². The molecule has 4 nitrogen and oxygen atoms in total. The second-order valence-corrected chi connectivity index (χ2v) is 5.11. The van der Waals surface area contributed by atoms with Gasteiger partial charge in [-0.25, -0.2) is 0 Å². The summed E-state index contributed by atoms with van der Waals surface area (Å²) in [5.41, 5.74) is 1.11. The van der Waals surface area contributed by atoms with Gasteiger partial charge in [0, 0.05) is 32.2 Å². The van der Waals surface area contributed by atoms with Gasteiger partial charge in [0.1, 0.15) is 12.4 Å². The van der Waals surface area contributed by atoms with Gasteiger partial charge in [0.25, 0.3) is 0 Å². The first-order chi connectivity index (χ1) is 9.63. The number of hydrogen-bond donors (Lipinski definition) is 0. The van der Waals surface area contributed by atoms with E-state index in [0.29, 0.717) is 6.61 Å². The summed E-state index contributed by atoms with van der Waals surface area (Å²) < 4.78 is 5.67. The van der Waals surface area contributed by atoms with Crippen LogP contribution >= 0.6 is 0 Å². The van der Waals surface area contributed by atoms with Gasteiger partial charge < -0.3 is 9.64 Å². The SMILES string of the molecule is C=CCOc1ccccc1CN1CCN(C)C(=O)C1C. The van der Waals surface area contributed by atoms with Crippen LogP contribution in [0.25, 0.3) is 0 Å². The van der Waals surface area contributed by atoms with E-state index in [4.69, 9.17) is 4.74 Å². The lowest BCUT2D eigenvalue weighted by Gasteiger charge is -2.37. The second-order valence-electron chi connectivity index (χ2n) is 5.11. The Morgan fingerprint density at radius 3 is 2.90 bits per heavy atom. The van der Waals surface area contributed by atoms with Crippen LogP contribution in [-0.4, -0.2) is 48.5 Å². The lowest BCUT2D eigenvalue weighted by Crippen LogP contribution is -2.53. The fraction of sp³-hybridized carbons (Fsp3) is 0.438. The first kappa shape index (κ1) is 14.6. The van der Waals surface area contributed by atoms with Crippen molar-refractivity contribution in [1.29, 1.82) is 0 Å². The molecule has 1 aromatic carbocycles. The smallest absolute Gasteiger partial charge is 0.239 e. The van der Waals surface area contributed by atoms with Crippen molar-refractivity contribution in [1.82, 2.24) is 9.80 Å². The largest absolute Gasteiger partial charge is 0.489 e. The predicted molar refractivity (Wildman–Crippen MR) is 79.6 cm³/mol. The molecular weight excluding hydrogens is 252 g/mol. The molecule has 1 unspecified atom stereocenters. The maximum atomic E-state index is 12.0. The van der Waals surface area contributed by atoms with Crippen molar-refractivity contribution in [2.24, 2.45) is 0 Å². The number of hydrogen-bond acceptors (Lipinski definition) is 3. The molecule has 0 spiro atoms. The third kappa shape index (κ3) is 3.20. The summed E-state index contributed by atoms with van der Waals surface area (Å²) in [6.45, 7) is 8.52. The first-order valence-corrected chi connectivity index (χ1v) is 6.94. The normalized spacial score (nSPS) is 20.0. The molecule has 1 saturated heterocycles. The fourth-order valence-electron chi connectivity index (χ4n) is 2.42. The topological polar surface area (TPSA) is 32.8 Å². The molecule has 108 valence electrons. The molecule has 2 rings (SSSR count). The monoisotopic (exact) mass is 274 g/mol. The van der Waals surface area contributed by atoms with Crippen LogP contribution in [0, 0.1) is 0 Å². The van der Waals surface area contributed by atoms with Crippen molar-refractivity contribution in [2.75, 3.05) is 26.7 Å². The highest BCUT2D eigenvalue weighted by Crippen LogP contribution is 2.22. The van der Waals surface area contributed by atoms with Crippen LogP contribution in [0.15, 0.2) is 36.9 Å². The number of rotatable bonds is 5. The molecule has 1 heterocycles. The van der Waals surface area contributed by atoms with E-state index in [0.717, 1.165) is 30.9 Å². The molecule has 0 radical (unpaired) electrons. The summed E-state index contributed by atoms with van der Waals surface area (Å²) in [6.07, 6.45) is 1.73. The van der Waals surface area contributed by atoms with Crippen LogP contribution in [0.2, 0.25) is 0 Å². The number of likely N-dealkylation sites (N-methyl/N-ethyl adjacent to an activating group) is 1. The summed E-state index contributed by atoms with van der Waals surface area (Å²) in [5.74, 6) is 1.05. The molecule has 0 bridgehead atoms. The third-order valence-corrected chi connectivity index (χ3v) is 3.71. The van der Waals surface area contributed by atoms with Crippen LogP contribution in [-0.2, 0) is 11.3 Å². The molecule has 0 aromatic heterocycles. The highest BCUT2D eigenvalue weighted by molar-refractivity contribution is 5.81. The average Bonchev–Trinajstić information content (AvgIpc) is 2.47. The Morgan fingerprint density at radius 1 is 1.40 bits per heavy atom. The molecule has 4 heteroatoms. The molecule has 0 saturated carbocycles. The van der Waals surface area contributed by atoms with Crippen molar-refractivity contribution in [2.45, 2.75) is 19.5 Å². The van der Waals surface area contributed by atoms with Gasteiger partial charge in [0.05, 0.1) is 6.04 Å². The number of ether oxygens (including phenoxy) is 1. The van der Waals surface area contributed by atoms with Crippen LogP contribution in [0.4, 0.5) is 0 Å². The second kappa shape index (κ2) is 6.57. The van der Waals surface area contributed by atoms with E-state index in [1.165, 1.54) is 0 Å². The van der Waals surface area contributed by atoms with Crippen LogP contribution in [0.5, 0.6) is 5.75 Å². The lowest BCUT2D eigenvalue weighted by molar-refractivity contribution is -0.139. The number of benzene rings is 1. The quantitative estimate of drug-likeness (QED) is 0.769. The Labute approximate surface area is 120 Å². The van der Waals surface area contributed by atoms with Gasteiger partial charge in [-0.15, -0.1) is 0 Å². The number of nitrogens with zero attached hydrogens (tertiary/aromatic N) is 2. The Morgan fingerprint density at radius 2 is 2.15 bits per heavy atom. The molecule has 1 aliphatic rings. The van der Waals surface area contributed by atoms with E-state index in [1.807, 2.05) is 38.2 Å². The third-order valence-electron chi connectivity index (χ3n) is 3.71. The molecule has 1 aliphatic heterocycles. The van der Waals surface area contributed by atoms with Gasteiger partial charge in [-0.3, -0.25) is 9.69 Å². The van der Waals surface area contributed by atoms with E-state index < -0.39 is 0 Å². The minimum Gasteiger partial charge on any atom is -0.489 e. The molecule has 0 N–H and O–H groups in total. The zero-order valence-corrected chi connectivity index (χ0v) is 12.2. The summed E-state index contributed by atoms with van der Waals surface area (Å²) in [4.78, 5) is 16.0. The highest BCUT2D eigenvalue weighted by atomic mass is 16.5. The maximum absolute atomic E-state index is 12.0. The van der Waals surface area contributed by atoms with Gasteiger partial charge in [-0.05, 0) is 13.0 Å².